The van der Waals surface area contributed by atoms with E-state index in [1.807, 2.05) is 53.5 Å². The molecule has 1 saturated heterocycles. The number of thioether (sulfide) groups is 1. The molecule has 1 fully saturated rings. The number of carbonyl (C=O) groups excluding carboxylic acids is 1. The van der Waals surface area contributed by atoms with Gasteiger partial charge in [-0.3, -0.25) is 10.2 Å². The highest BCUT2D eigenvalue weighted by molar-refractivity contribution is 7.98. The van der Waals surface area contributed by atoms with Gasteiger partial charge in [-0.1, -0.05) is 23.7 Å². The maximum atomic E-state index is 12.3. The molecule has 1 amide bonds. The van der Waals surface area contributed by atoms with Crippen LogP contribution in [0.5, 0.6) is 0 Å². The molecule has 1 aliphatic heterocycles. The van der Waals surface area contributed by atoms with Gasteiger partial charge in [-0.05, 0) is 42.0 Å². The minimum Gasteiger partial charge on any atom is -0.335 e. The summed E-state index contributed by atoms with van der Waals surface area (Å²) in [6, 6.07) is 15.7. The van der Waals surface area contributed by atoms with Gasteiger partial charge in [-0.25, -0.2) is 5.01 Å². The molecule has 6 heteroatoms. The van der Waals surface area contributed by atoms with Crippen LogP contribution in [0, 0.1) is 0 Å². The van der Waals surface area contributed by atoms with Crippen LogP contribution in [0.1, 0.15) is 15.9 Å². The molecule has 0 unspecified atom stereocenters. The van der Waals surface area contributed by atoms with Gasteiger partial charge in [0.25, 0.3) is 5.91 Å². The van der Waals surface area contributed by atoms with Crippen LogP contribution in [0.2, 0.25) is 5.02 Å². The largest absolute Gasteiger partial charge is 0.335 e. The summed E-state index contributed by atoms with van der Waals surface area (Å²) in [6.07, 6.45) is 0. The van der Waals surface area contributed by atoms with Crippen LogP contribution in [0.3, 0.4) is 0 Å². The zero-order valence-corrected chi connectivity index (χ0v) is 15.9. The van der Waals surface area contributed by atoms with Crippen LogP contribution < -0.4 is 10.3 Å². The molecule has 0 spiro atoms. The van der Waals surface area contributed by atoms with Crippen molar-refractivity contribution in [2.45, 2.75) is 10.6 Å². The molecular formula is C19H23ClN3OS+. The molecule has 0 aliphatic carbocycles. The number of quaternary nitrogens is 1. The summed E-state index contributed by atoms with van der Waals surface area (Å²) >= 11 is 7.66. The third-order valence-electron chi connectivity index (χ3n) is 4.31. The van der Waals surface area contributed by atoms with Gasteiger partial charge in [0.15, 0.2) is 0 Å². The number of hydrazine groups is 1. The second-order valence-corrected chi connectivity index (χ2v) is 7.81. The number of benzene rings is 2. The van der Waals surface area contributed by atoms with Crippen molar-refractivity contribution in [3.05, 3.63) is 64.7 Å². The quantitative estimate of drug-likeness (QED) is 0.785. The number of carbonyl (C=O) groups is 1. The molecule has 25 heavy (non-hydrogen) atoms. The maximum Gasteiger partial charge on any atom is 0.265 e. The second kappa shape index (κ2) is 8.72. The zero-order valence-electron chi connectivity index (χ0n) is 14.3. The first-order chi connectivity index (χ1) is 12.1. The SMILES string of the molecule is C[NH+]1CCN(NC(=O)c2ccc(CSc3ccc(Cl)cc3)cc2)CC1. The molecule has 1 aliphatic rings. The van der Waals surface area contributed by atoms with E-state index in [2.05, 4.69) is 12.5 Å². The molecule has 3 rings (SSSR count). The van der Waals surface area contributed by atoms with Crippen LogP contribution >= 0.6 is 23.4 Å². The Labute approximate surface area is 158 Å². The highest BCUT2D eigenvalue weighted by Crippen LogP contribution is 2.24. The fourth-order valence-corrected chi connectivity index (χ4v) is 3.64. The number of amides is 1. The number of halogens is 1. The smallest absolute Gasteiger partial charge is 0.265 e. The van der Waals surface area contributed by atoms with Gasteiger partial charge in [0.05, 0.1) is 33.2 Å². The third-order valence-corrected chi connectivity index (χ3v) is 5.65. The molecular weight excluding hydrogens is 354 g/mol. The Bertz CT molecular complexity index is 698. The summed E-state index contributed by atoms with van der Waals surface area (Å²) in [4.78, 5) is 15.0. The number of hydrogen-bond acceptors (Lipinski definition) is 3. The van der Waals surface area contributed by atoms with Crippen molar-refractivity contribution in [2.75, 3.05) is 33.2 Å². The highest BCUT2D eigenvalue weighted by Gasteiger charge is 2.18. The first kappa shape index (κ1) is 18.3. The molecule has 4 nitrogen and oxygen atoms in total. The molecule has 1 heterocycles. The average molecular weight is 377 g/mol. The van der Waals surface area contributed by atoms with E-state index in [4.69, 9.17) is 11.6 Å². The second-order valence-electron chi connectivity index (χ2n) is 6.32. The van der Waals surface area contributed by atoms with Crippen molar-refractivity contribution in [2.24, 2.45) is 0 Å². The summed E-state index contributed by atoms with van der Waals surface area (Å²) < 4.78 is 0. The Morgan fingerprint density at radius 2 is 1.76 bits per heavy atom. The number of piperazine rings is 1. The Balaban J connectivity index is 1.51. The number of nitrogens with one attached hydrogen (secondary N) is 2. The summed E-state index contributed by atoms with van der Waals surface area (Å²) in [5.41, 5.74) is 4.90. The van der Waals surface area contributed by atoms with E-state index in [1.165, 1.54) is 15.4 Å². The normalized spacial score (nSPS) is 15.9. The summed E-state index contributed by atoms with van der Waals surface area (Å²) in [7, 11) is 2.18. The van der Waals surface area contributed by atoms with E-state index < -0.39 is 0 Å². The lowest BCUT2D eigenvalue weighted by molar-refractivity contribution is -0.884. The summed E-state index contributed by atoms with van der Waals surface area (Å²) in [5.74, 6) is 0.835. The lowest BCUT2D eigenvalue weighted by atomic mass is 10.1. The Morgan fingerprint density at radius 3 is 2.40 bits per heavy atom. The van der Waals surface area contributed by atoms with Crippen molar-refractivity contribution >= 4 is 29.3 Å². The molecule has 0 saturated carbocycles. The summed E-state index contributed by atoms with van der Waals surface area (Å²) in [6.45, 7) is 3.91. The predicted molar refractivity (Wildman–Crippen MR) is 103 cm³/mol. The number of rotatable bonds is 5. The molecule has 2 aromatic rings. The van der Waals surface area contributed by atoms with E-state index in [9.17, 15) is 4.79 Å². The van der Waals surface area contributed by atoms with Gasteiger partial charge >= 0.3 is 0 Å². The fourth-order valence-electron chi connectivity index (χ4n) is 2.66. The van der Waals surface area contributed by atoms with E-state index in [0.29, 0.717) is 5.56 Å². The molecule has 0 radical (unpaired) electrons. The highest BCUT2D eigenvalue weighted by atomic mass is 35.5. The first-order valence-corrected chi connectivity index (χ1v) is 9.81. The lowest BCUT2D eigenvalue weighted by Crippen LogP contribution is -3.12. The van der Waals surface area contributed by atoms with Gasteiger partial charge in [0.1, 0.15) is 0 Å². The lowest BCUT2D eigenvalue weighted by Gasteiger charge is -2.30. The molecule has 0 atom stereocenters. The minimum absolute atomic E-state index is 0.0311. The Morgan fingerprint density at radius 1 is 1.12 bits per heavy atom. The third kappa shape index (κ3) is 5.47. The molecule has 0 bridgehead atoms. The number of hydrogen-bond donors (Lipinski definition) is 2. The van der Waals surface area contributed by atoms with Gasteiger partial charge in [-0.15, -0.1) is 11.8 Å². The molecule has 0 aromatic heterocycles. The van der Waals surface area contributed by atoms with E-state index >= 15 is 0 Å². The summed E-state index contributed by atoms with van der Waals surface area (Å²) in [5, 5.41) is 2.76. The van der Waals surface area contributed by atoms with Crippen LogP contribution in [-0.4, -0.2) is 44.1 Å². The van der Waals surface area contributed by atoms with Crippen molar-refractivity contribution in [1.82, 2.24) is 10.4 Å². The van der Waals surface area contributed by atoms with Crippen LogP contribution in [0.15, 0.2) is 53.4 Å². The van der Waals surface area contributed by atoms with Crippen molar-refractivity contribution in [3.63, 3.8) is 0 Å². The molecule has 2 N–H and O–H groups in total. The topological polar surface area (TPSA) is 36.8 Å². The van der Waals surface area contributed by atoms with Gasteiger partial charge in [0.2, 0.25) is 0 Å². The predicted octanol–water partition coefficient (Wildman–Crippen LogP) is 2.11. The maximum absolute atomic E-state index is 12.3. The molecule has 132 valence electrons. The van der Waals surface area contributed by atoms with E-state index in [0.717, 1.165) is 37.0 Å². The number of likely N-dealkylation sites (N-methyl/N-ethyl adjacent to an activating group) is 1. The van der Waals surface area contributed by atoms with Crippen molar-refractivity contribution in [1.29, 1.82) is 0 Å². The van der Waals surface area contributed by atoms with Crippen LogP contribution in [0.25, 0.3) is 0 Å². The first-order valence-electron chi connectivity index (χ1n) is 8.45. The van der Waals surface area contributed by atoms with Gasteiger partial charge in [-0.2, -0.15) is 0 Å². The minimum atomic E-state index is -0.0311. The van der Waals surface area contributed by atoms with Gasteiger partial charge < -0.3 is 4.90 Å². The Hall–Kier alpha value is -1.53. The van der Waals surface area contributed by atoms with E-state index in [-0.39, 0.29) is 5.91 Å². The standard InChI is InChI=1S/C19H22ClN3OS/c1-22-10-12-23(13-11-22)21-19(24)16-4-2-15(3-5-16)14-25-18-8-6-17(20)7-9-18/h2-9H,10-14H2,1H3,(H,21,24)/p+1. The molecule has 2 aromatic carbocycles. The fraction of sp³-hybridized carbons (Fsp3) is 0.316. The van der Waals surface area contributed by atoms with E-state index in [1.54, 1.807) is 11.8 Å². The average Bonchev–Trinajstić information content (AvgIpc) is 2.63. The van der Waals surface area contributed by atoms with Gasteiger partial charge in [0, 0.05) is 21.2 Å². The van der Waals surface area contributed by atoms with Crippen molar-refractivity contribution < 1.29 is 9.69 Å². The number of nitrogens with zero attached hydrogens (tertiary/aromatic N) is 1. The monoisotopic (exact) mass is 376 g/mol. The van der Waals surface area contributed by atoms with Crippen LogP contribution in [-0.2, 0) is 5.75 Å². The zero-order chi connectivity index (χ0) is 17.6. The van der Waals surface area contributed by atoms with Crippen molar-refractivity contribution in [3.8, 4) is 0 Å². The van der Waals surface area contributed by atoms with Crippen LogP contribution in [0.4, 0.5) is 0 Å². The Kier molecular flexibility index (Phi) is 6.37.